The lowest BCUT2D eigenvalue weighted by molar-refractivity contribution is 0.640. The van der Waals surface area contributed by atoms with E-state index in [1.54, 1.807) is 0 Å². The third kappa shape index (κ3) is 2.71. The smallest absolute Gasteiger partial charge is 0.0254 e. The van der Waals surface area contributed by atoms with Crippen LogP contribution in [0.3, 0.4) is 0 Å². The van der Waals surface area contributed by atoms with Crippen molar-refractivity contribution in [1.82, 2.24) is 0 Å². The minimum Gasteiger partial charge on any atom is -0.0808 e. The summed E-state index contributed by atoms with van der Waals surface area (Å²) in [6.07, 6.45) is 9.15. The van der Waals surface area contributed by atoms with Crippen molar-refractivity contribution in [2.45, 2.75) is 12.8 Å². The van der Waals surface area contributed by atoms with Gasteiger partial charge in [-0.2, -0.15) is 0 Å². The maximum absolute atomic E-state index is 3.83. The molecule has 0 aromatic heterocycles. The molecule has 0 aliphatic heterocycles. The number of benzene rings is 5. The van der Waals surface area contributed by atoms with Gasteiger partial charge in [0, 0.05) is 10.4 Å². The van der Waals surface area contributed by atoms with E-state index in [2.05, 4.69) is 132 Å². The molecule has 1 heteroatoms. The van der Waals surface area contributed by atoms with Crippen LogP contribution in [0.5, 0.6) is 0 Å². The molecule has 0 amide bonds. The molecular formula is C33H23Br. The van der Waals surface area contributed by atoms with Crippen LogP contribution in [0.1, 0.15) is 18.4 Å². The minimum atomic E-state index is 0.335. The predicted octanol–water partition coefficient (Wildman–Crippen LogP) is 9.92. The number of rotatable bonds is 2. The Morgan fingerprint density at radius 2 is 1.29 bits per heavy atom. The first-order valence-electron chi connectivity index (χ1n) is 11.9. The van der Waals surface area contributed by atoms with Crippen LogP contribution < -0.4 is 0 Å². The first kappa shape index (κ1) is 20.0. The summed E-state index contributed by atoms with van der Waals surface area (Å²) in [6.45, 7) is 2.34. The molecule has 0 saturated heterocycles. The summed E-state index contributed by atoms with van der Waals surface area (Å²) < 4.78 is 1.15. The van der Waals surface area contributed by atoms with Crippen LogP contribution in [0, 0.1) is 5.92 Å². The van der Waals surface area contributed by atoms with Crippen LogP contribution in [0.25, 0.3) is 54.9 Å². The Bertz CT molecular complexity index is 1670. The van der Waals surface area contributed by atoms with Crippen molar-refractivity contribution in [3.05, 3.63) is 119 Å². The maximum Gasteiger partial charge on any atom is 0.0254 e. The Balaban J connectivity index is 1.73. The van der Waals surface area contributed by atoms with E-state index in [0.717, 1.165) is 4.47 Å². The van der Waals surface area contributed by atoms with Gasteiger partial charge in [0.1, 0.15) is 0 Å². The molecule has 2 atom stereocenters. The van der Waals surface area contributed by atoms with Crippen LogP contribution in [-0.4, -0.2) is 0 Å². The van der Waals surface area contributed by atoms with Crippen molar-refractivity contribution < 1.29 is 0 Å². The first-order chi connectivity index (χ1) is 16.7. The largest absolute Gasteiger partial charge is 0.0808 e. The van der Waals surface area contributed by atoms with Gasteiger partial charge in [-0.1, -0.05) is 126 Å². The fourth-order valence-electron chi connectivity index (χ4n) is 6.13. The second-order valence-corrected chi connectivity index (χ2v) is 10.3. The minimum absolute atomic E-state index is 0.335. The summed E-state index contributed by atoms with van der Waals surface area (Å²) in [5.74, 6) is 0.774. The fraction of sp³-hybridized carbons (Fsp3) is 0.0909. The molecule has 34 heavy (non-hydrogen) atoms. The van der Waals surface area contributed by atoms with Gasteiger partial charge in [-0.05, 0) is 72.5 Å². The van der Waals surface area contributed by atoms with Crippen molar-refractivity contribution in [1.29, 1.82) is 0 Å². The van der Waals surface area contributed by atoms with Crippen LogP contribution >= 0.6 is 15.9 Å². The van der Waals surface area contributed by atoms with E-state index in [1.165, 1.54) is 60.5 Å². The Labute approximate surface area is 208 Å². The molecule has 0 nitrogen and oxygen atoms in total. The quantitative estimate of drug-likeness (QED) is 0.222. The van der Waals surface area contributed by atoms with Crippen molar-refractivity contribution in [3.8, 4) is 33.4 Å². The highest BCUT2D eigenvalue weighted by atomic mass is 79.9. The number of halogens is 1. The summed E-state index contributed by atoms with van der Waals surface area (Å²) in [4.78, 5) is 0. The monoisotopic (exact) mass is 498 g/mol. The van der Waals surface area contributed by atoms with E-state index in [0.29, 0.717) is 11.8 Å². The van der Waals surface area contributed by atoms with Gasteiger partial charge in [0.25, 0.3) is 0 Å². The summed E-state index contributed by atoms with van der Waals surface area (Å²) in [5, 5.41) is 5.35. The van der Waals surface area contributed by atoms with Gasteiger partial charge in [0.05, 0.1) is 0 Å². The standard InChI is InChI=1S/C33H23Br/c1-20-10-5-6-13-22(20)31-24-15-8-7-14-23(24)29(21-11-3-2-4-12-21)32-27-18-19-28(34)25-16-9-17-26(30(25)27)33(31)32/h2-20,22H,1H3/t20-,22?/m1/s1. The highest BCUT2D eigenvalue weighted by molar-refractivity contribution is 9.10. The van der Waals surface area contributed by atoms with Crippen molar-refractivity contribution in [3.63, 3.8) is 0 Å². The Morgan fingerprint density at radius 1 is 0.588 bits per heavy atom. The lowest BCUT2D eigenvalue weighted by atomic mass is 9.75. The highest BCUT2D eigenvalue weighted by Crippen LogP contribution is 2.58. The van der Waals surface area contributed by atoms with Gasteiger partial charge in [0.15, 0.2) is 0 Å². The molecule has 2 aliphatic carbocycles. The molecule has 0 heterocycles. The lowest BCUT2D eigenvalue weighted by Gasteiger charge is -2.28. The second kappa shape index (κ2) is 7.55. The van der Waals surface area contributed by atoms with E-state index in [4.69, 9.17) is 0 Å². The van der Waals surface area contributed by atoms with Crippen LogP contribution in [-0.2, 0) is 0 Å². The summed E-state index contributed by atoms with van der Waals surface area (Å²) in [6, 6.07) is 31.2. The Hall–Kier alpha value is -3.42. The zero-order valence-electron chi connectivity index (χ0n) is 18.9. The number of fused-ring (bicyclic) bond motifs is 4. The van der Waals surface area contributed by atoms with Gasteiger partial charge < -0.3 is 0 Å². The molecular weight excluding hydrogens is 476 g/mol. The third-order valence-electron chi connectivity index (χ3n) is 7.59. The summed E-state index contributed by atoms with van der Waals surface area (Å²) >= 11 is 3.83. The first-order valence-corrected chi connectivity index (χ1v) is 12.7. The summed E-state index contributed by atoms with van der Waals surface area (Å²) in [7, 11) is 0. The van der Waals surface area contributed by atoms with Crippen LogP contribution in [0.15, 0.2) is 114 Å². The van der Waals surface area contributed by atoms with Gasteiger partial charge in [0.2, 0.25) is 0 Å². The normalized spacial score (nSPS) is 18.1. The SMILES string of the molecule is C[C@@H]1C=CC=CC1c1c2c(c(-c3ccccc3)c3ccccc13)-c1ccc(Br)c3cccc-2c13. The van der Waals surface area contributed by atoms with Gasteiger partial charge in [-0.3, -0.25) is 0 Å². The Morgan fingerprint density at radius 3 is 2.12 bits per heavy atom. The van der Waals surface area contributed by atoms with Crippen LogP contribution in [0.4, 0.5) is 0 Å². The topological polar surface area (TPSA) is 0 Å². The van der Waals surface area contributed by atoms with Gasteiger partial charge >= 0.3 is 0 Å². The molecule has 5 aromatic rings. The van der Waals surface area contributed by atoms with E-state index in [9.17, 15) is 0 Å². The second-order valence-electron chi connectivity index (χ2n) is 9.43. The van der Waals surface area contributed by atoms with E-state index >= 15 is 0 Å². The predicted molar refractivity (Wildman–Crippen MR) is 149 cm³/mol. The van der Waals surface area contributed by atoms with Gasteiger partial charge in [-0.25, -0.2) is 0 Å². The average Bonchev–Trinajstić information content (AvgIpc) is 3.21. The van der Waals surface area contributed by atoms with E-state index < -0.39 is 0 Å². The molecule has 0 fully saturated rings. The zero-order chi connectivity index (χ0) is 22.8. The summed E-state index contributed by atoms with van der Waals surface area (Å²) in [5.41, 5.74) is 9.57. The molecule has 0 N–H and O–H groups in total. The van der Waals surface area contributed by atoms with Crippen molar-refractivity contribution >= 4 is 37.5 Å². The molecule has 0 radical (unpaired) electrons. The van der Waals surface area contributed by atoms with Crippen LogP contribution in [0.2, 0.25) is 0 Å². The maximum atomic E-state index is 3.83. The molecule has 2 aliphatic rings. The lowest BCUT2D eigenvalue weighted by Crippen LogP contribution is -2.10. The highest BCUT2D eigenvalue weighted by Gasteiger charge is 2.33. The number of hydrogen-bond acceptors (Lipinski definition) is 0. The van der Waals surface area contributed by atoms with E-state index in [-0.39, 0.29) is 0 Å². The van der Waals surface area contributed by atoms with Gasteiger partial charge in [-0.15, -0.1) is 0 Å². The number of hydrogen-bond donors (Lipinski definition) is 0. The fourth-order valence-corrected chi connectivity index (χ4v) is 6.59. The Kier molecular flexibility index (Phi) is 4.44. The number of allylic oxidation sites excluding steroid dienone is 4. The zero-order valence-corrected chi connectivity index (χ0v) is 20.5. The molecule has 1 unspecified atom stereocenters. The molecule has 0 saturated carbocycles. The van der Waals surface area contributed by atoms with Crippen molar-refractivity contribution in [2.24, 2.45) is 5.92 Å². The molecule has 5 aromatic carbocycles. The van der Waals surface area contributed by atoms with E-state index in [1.807, 2.05) is 0 Å². The third-order valence-corrected chi connectivity index (χ3v) is 8.28. The molecule has 7 rings (SSSR count). The molecule has 0 spiro atoms. The van der Waals surface area contributed by atoms with Crippen molar-refractivity contribution in [2.75, 3.05) is 0 Å². The molecule has 0 bridgehead atoms. The average molecular weight is 499 g/mol. The molecule has 162 valence electrons.